The lowest BCUT2D eigenvalue weighted by Gasteiger charge is -2.14. The molecule has 0 radical (unpaired) electrons. The van der Waals surface area contributed by atoms with Crippen LogP contribution in [0.5, 0.6) is 0 Å². The minimum atomic E-state index is -0.515. The van der Waals surface area contributed by atoms with E-state index in [0.717, 1.165) is 29.3 Å². The molecule has 7 heteroatoms. The van der Waals surface area contributed by atoms with E-state index in [-0.39, 0.29) is 23.9 Å². The molecule has 1 heterocycles. The summed E-state index contributed by atoms with van der Waals surface area (Å²) in [6.45, 7) is 11.1. The number of nitrogens with one attached hydrogen (secondary N) is 2. The van der Waals surface area contributed by atoms with Crippen LogP contribution in [0.3, 0.4) is 0 Å². The Hall–Kier alpha value is -1.73. The molecule has 0 aromatic carbocycles. The Morgan fingerprint density at radius 2 is 1.78 bits per heavy atom. The highest BCUT2D eigenvalue weighted by molar-refractivity contribution is 7.18. The Labute approximate surface area is 140 Å². The van der Waals surface area contributed by atoms with Gasteiger partial charge in [-0.3, -0.25) is 9.59 Å². The number of carbonyl (C=O) groups excluding carboxylic acids is 3. The van der Waals surface area contributed by atoms with E-state index in [1.54, 1.807) is 13.8 Å². The van der Waals surface area contributed by atoms with Crippen LogP contribution >= 0.6 is 11.3 Å². The van der Waals surface area contributed by atoms with Crippen molar-refractivity contribution in [3.8, 4) is 0 Å². The highest BCUT2D eigenvalue weighted by Gasteiger charge is 2.25. The number of carbonyl (C=O) groups is 3. The summed E-state index contributed by atoms with van der Waals surface area (Å²) in [5.74, 6) is -0.822. The number of rotatable bonds is 8. The number of likely N-dealkylation sites (N-methyl/N-ethyl adjacent to an activating group) is 1. The minimum Gasteiger partial charge on any atom is -0.462 e. The normalized spacial score (nSPS) is 10.7. The molecule has 1 aromatic rings. The van der Waals surface area contributed by atoms with Gasteiger partial charge < -0.3 is 15.0 Å². The zero-order chi connectivity index (χ0) is 17.6. The SMILES string of the molecule is CCOC(=O)c1c(NC(=O)C[NH+](CC)CC)sc(C(C)=O)c1C. The third-order valence-electron chi connectivity index (χ3n) is 3.61. The average molecular weight is 341 g/mol. The van der Waals surface area contributed by atoms with Gasteiger partial charge >= 0.3 is 5.97 Å². The number of esters is 1. The van der Waals surface area contributed by atoms with Crippen molar-refractivity contribution < 1.29 is 24.0 Å². The number of quaternary nitrogens is 1. The lowest BCUT2D eigenvalue weighted by molar-refractivity contribution is -0.888. The molecule has 0 aliphatic carbocycles. The molecule has 0 bridgehead atoms. The number of hydrogen-bond acceptors (Lipinski definition) is 5. The van der Waals surface area contributed by atoms with Gasteiger partial charge in [-0.1, -0.05) is 0 Å². The largest absolute Gasteiger partial charge is 0.462 e. The molecular weight excluding hydrogens is 316 g/mol. The molecule has 128 valence electrons. The molecule has 0 spiro atoms. The standard InChI is InChI=1S/C16H24N2O4S/c1-6-18(7-2)9-12(20)17-15-13(16(21)22-8-3)10(4)14(23-15)11(5)19/h6-9H2,1-5H3,(H,17,20)/p+1. The van der Waals surface area contributed by atoms with Crippen molar-refractivity contribution in [2.75, 3.05) is 31.6 Å². The molecular formula is C16H25N2O4S+. The molecule has 6 nitrogen and oxygen atoms in total. The summed E-state index contributed by atoms with van der Waals surface area (Å²) >= 11 is 1.13. The van der Waals surface area contributed by atoms with Crippen molar-refractivity contribution in [2.45, 2.75) is 34.6 Å². The van der Waals surface area contributed by atoms with Crippen LogP contribution in [0, 0.1) is 6.92 Å². The highest BCUT2D eigenvalue weighted by atomic mass is 32.1. The van der Waals surface area contributed by atoms with E-state index in [9.17, 15) is 14.4 Å². The van der Waals surface area contributed by atoms with Gasteiger partial charge in [0, 0.05) is 0 Å². The first kappa shape index (κ1) is 19.3. The summed E-state index contributed by atoms with van der Waals surface area (Å²) in [5, 5.41) is 3.16. The van der Waals surface area contributed by atoms with E-state index in [1.807, 2.05) is 13.8 Å². The van der Waals surface area contributed by atoms with Crippen LogP contribution in [-0.4, -0.2) is 43.9 Å². The third kappa shape index (κ3) is 4.87. The summed E-state index contributed by atoms with van der Waals surface area (Å²) < 4.78 is 5.05. The first-order valence-electron chi connectivity index (χ1n) is 7.80. The molecule has 0 atom stereocenters. The number of ketones is 1. The fourth-order valence-electron chi connectivity index (χ4n) is 2.28. The van der Waals surface area contributed by atoms with Gasteiger partial charge in [0.2, 0.25) is 0 Å². The van der Waals surface area contributed by atoms with E-state index in [4.69, 9.17) is 4.74 Å². The van der Waals surface area contributed by atoms with Crippen molar-refractivity contribution in [1.29, 1.82) is 0 Å². The van der Waals surface area contributed by atoms with Crippen LogP contribution in [0.4, 0.5) is 5.00 Å². The summed E-state index contributed by atoms with van der Waals surface area (Å²) in [5.41, 5.74) is 0.844. The second kappa shape index (κ2) is 8.79. The predicted molar refractivity (Wildman–Crippen MR) is 90.6 cm³/mol. The molecule has 0 aliphatic heterocycles. The van der Waals surface area contributed by atoms with Crippen LogP contribution < -0.4 is 10.2 Å². The molecule has 0 unspecified atom stereocenters. The van der Waals surface area contributed by atoms with Crippen molar-refractivity contribution in [1.82, 2.24) is 0 Å². The summed E-state index contributed by atoms with van der Waals surface area (Å²) in [6, 6.07) is 0. The Kier molecular flexibility index (Phi) is 7.38. The summed E-state index contributed by atoms with van der Waals surface area (Å²) in [7, 11) is 0. The van der Waals surface area contributed by atoms with Gasteiger partial charge in [-0.2, -0.15) is 0 Å². The average Bonchev–Trinajstić information content (AvgIpc) is 2.81. The smallest absolute Gasteiger partial charge is 0.341 e. The van der Waals surface area contributed by atoms with Crippen molar-refractivity contribution >= 4 is 34.0 Å². The zero-order valence-electron chi connectivity index (χ0n) is 14.4. The van der Waals surface area contributed by atoms with E-state index < -0.39 is 5.97 Å². The maximum Gasteiger partial charge on any atom is 0.341 e. The molecule has 0 saturated carbocycles. The highest BCUT2D eigenvalue weighted by Crippen LogP contribution is 2.33. The van der Waals surface area contributed by atoms with Crippen molar-refractivity contribution in [2.24, 2.45) is 0 Å². The lowest BCUT2D eigenvalue weighted by atomic mass is 10.1. The quantitative estimate of drug-likeness (QED) is 0.552. The maximum absolute atomic E-state index is 12.2. The molecule has 1 aromatic heterocycles. The van der Waals surface area contributed by atoms with Gasteiger partial charge in [-0.15, -0.1) is 11.3 Å². The monoisotopic (exact) mass is 341 g/mol. The van der Waals surface area contributed by atoms with Gasteiger partial charge in [0.1, 0.15) is 5.00 Å². The molecule has 0 saturated heterocycles. The van der Waals surface area contributed by atoms with E-state index in [1.165, 1.54) is 6.92 Å². The fraction of sp³-hybridized carbons (Fsp3) is 0.562. The molecule has 23 heavy (non-hydrogen) atoms. The Morgan fingerprint density at radius 3 is 2.26 bits per heavy atom. The van der Waals surface area contributed by atoms with Crippen LogP contribution in [0.1, 0.15) is 53.3 Å². The van der Waals surface area contributed by atoms with Crippen molar-refractivity contribution in [3.05, 3.63) is 16.0 Å². The van der Waals surface area contributed by atoms with E-state index in [2.05, 4.69) is 5.32 Å². The van der Waals surface area contributed by atoms with Gasteiger partial charge in [-0.25, -0.2) is 4.79 Å². The Morgan fingerprint density at radius 1 is 1.17 bits per heavy atom. The first-order valence-corrected chi connectivity index (χ1v) is 8.62. The number of hydrogen-bond donors (Lipinski definition) is 2. The fourth-order valence-corrected chi connectivity index (χ4v) is 3.39. The molecule has 1 rings (SSSR count). The number of thiophene rings is 1. The van der Waals surface area contributed by atoms with Gasteiger partial charge in [0.15, 0.2) is 12.3 Å². The molecule has 0 fully saturated rings. The second-order valence-electron chi connectivity index (χ2n) is 5.22. The summed E-state index contributed by atoms with van der Waals surface area (Å²) in [4.78, 5) is 37.7. The van der Waals surface area contributed by atoms with E-state index in [0.29, 0.717) is 22.0 Å². The molecule has 0 aliphatic rings. The van der Waals surface area contributed by atoms with Gasteiger partial charge in [0.25, 0.3) is 5.91 Å². The topological polar surface area (TPSA) is 76.9 Å². The predicted octanol–water partition coefficient (Wildman–Crippen LogP) is 1.30. The molecule has 1 amide bonds. The Bertz CT molecular complexity index is 591. The summed E-state index contributed by atoms with van der Waals surface area (Å²) in [6.07, 6.45) is 0. The van der Waals surface area contributed by atoms with Gasteiger partial charge in [-0.05, 0) is 40.2 Å². The Balaban J connectivity index is 3.09. The maximum atomic E-state index is 12.2. The van der Waals surface area contributed by atoms with Crippen LogP contribution in [0.2, 0.25) is 0 Å². The van der Waals surface area contributed by atoms with E-state index >= 15 is 0 Å². The number of Topliss-reactive ketones (excluding diaryl/α,β-unsaturated/α-hetero) is 1. The number of ether oxygens (including phenoxy) is 1. The zero-order valence-corrected chi connectivity index (χ0v) is 15.2. The lowest BCUT2D eigenvalue weighted by Crippen LogP contribution is -3.12. The van der Waals surface area contributed by atoms with Crippen LogP contribution in [0.15, 0.2) is 0 Å². The minimum absolute atomic E-state index is 0.132. The number of amides is 1. The first-order chi connectivity index (χ1) is 10.8. The van der Waals surface area contributed by atoms with Crippen molar-refractivity contribution in [3.63, 3.8) is 0 Å². The molecule has 2 N–H and O–H groups in total. The second-order valence-corrected chi connectivity index (χ2v) is 6.24. The van der Waals surface area contributed by atoms with Crippen LogP contribution in [0.25, 0.3) is 0 Å². The third-order valence-corrected chi connectivity index (χ3v) is 4.92. The number of anilines is 1. The van der Waals surface area contributed by atoms with Gasteiger partial charge in [0.05, 0.1) is 30.1 Å². The van der Waals surface area contributed by atoms with Crippen LogP contribution in [-0.2, 0) is 9.53 Å².